The lowest BCUT2D eigenvalue weighted by molar-refractivity contribution is 1.37. The van der Waals surface area contributed by atoms with Crippen molar-refractivity contribution in [3.05, 3.63) is 40.1 Å². The monoisotopic (exact) mass is 253 g/mol. The number of hydrogen-bond acceptors (Lipinski definition) is 5. The zero-order chi connectivity index (χ0) is 13.5. The molecule has 0 aliphatic heterocycles. The molecule has 0 unspecified atom stereocenters. The Kier molecular flexibility index (Phi) is 4.30. The molecule has 84 valence electrons. The quantitative estimate of drug-likeness (QED) is 0.815. The van der Waals surface area contributed by atoms with Crippen molar-refractivity contribution < 1.29 is 0 Å². The number of allylic oxidation sites excluding steroid dienone is 2. The first-order valence-corrected chi connectivity index (χ1v) is 4.95. The Morgan fingerprint density at radius 1 is 1.06 bits per heavy atom. The van der Waals surface area contributed by atoms with E-state index in [1.165, 1.54) is 18.2 Å². The van der Waals surface area contributed by atoms with Crippen LogP contribution in [0.25, 0.3) is 0 Å². The number of anilines is 1. The average Bonchev–Trinajstić information content (AvgIpc) is 2.39. The summed E-state index contributed by atoms with van der Waals surface area (Å²) in [6.07, 6.45) is 0. The predicted molar refractivity (Wildman–Crippen MR) is 63.7 cm³/mol. The van der Waals surface area contributed by atoms with Gasteiger partial charge in [0.15, 0.2) is 5.57 Å². The highest BCUT2D eigenvalue weighted by Gasteiger charge is 2.07. The molecular weight excluding hydrogens is 250 g/mol. The second-order valence-corrected chi connectivity index (χ2v) is 3.42. The minimum Gasteiger partial charge on any atom is -0.345 e. The molecule has 1 aromatic carbocycles. The second-order valence-electron chi connectivity index (χ2n) is 3.02. The maximum absolute atomic E-state index is 8.83. The maximum atomic E-state index is 8.83. The summed E-state index contributed by atoms with van der Waals surface area (Å²) in [5, 5.41) is 37.7. The molecule has 6 heteroatoms. The summed E-state index contributed by atoms with van der Waals surface area (Å²) in [6, 6.07) is 11.3. The number of hydrogen-bond donors (Lipinski definition) is 1. The second kappa shape index (κ2) is 5.92. The normalized spacial score (nSPS) is 8.06. The van der Waals surface area contributed by atoms with E-state index in [0.29, 0.717) is 11.3 Å². The van der Waals surface area contributed by atoms with Crippen LogP contribution in [-0.4, -0.2) is 0 Å². The van der Waals surface area contributed by atoms with E-state index in [1.54, 1.807) is 18.2 Å². The van der Waals surface area contributed by atoms with Crippen LogP contribution in [0.2, 0.25) is 5.02 Å². The molecule has 0 bridgehead atoms. The zero-order valence-corrected chi connectivity index (χ0v) is 9.65. The third kappa shape index (κ3) is 2.77. The Balaban J connectivity index is 3.15. The first-order chi connectivity index (χ1) is 8.65. The Labute approximate surface area is 108 Å². The summed E-state index contributed by atoms with van der Waals surface area (Å²) < 4.78 is 0. The number of rotatable bonds is 2. The molecule has 1 aromatic rings. The van der Waals surface area contributed by atoms with Crippen LogP contribution < -0.4 is 5.32 Å². The molecule has 0 saturated heterocycles. The van der Waals surface area contributed by atoms with Crippen LogP contribution >= 0.6 is 11.6 Å². The highest BCUT2D eigenvalue weighted by Crippen LogP contribution is 2.21. The number of nitrogens with one attached hydrogen (secondary N) is 1. The third-order valence-corrected chi connectivity index (χ3v) is 2.26. The van der Waals surface area contributed by atoms with Gasteiger partial charge in [0.05, 0.1) is 10.6 Å². The van der Waals surface area contributed by atoms with E-state index in [1.807, 2.05) is 6.07 Å². The fourth-order valence-electron chi connectivity index (χ4n) is 1.11. The van der Waals surface area contributed by atoms with Gasteiger partial charge in [0.25, 0.3) is 0 Å². The lowest BCUT2D eigenvalue weighted by atomic mass is 10.2. The summed E-state index contributed by atoms with van der Waals surface area (Å²) in [6.45, 7) is 0. The van der Waals surface area contributed by atoms with Crippen LogP contribution in [0, 0.1) is 45.3 Å². The van der Waals surface area contributed by atoms with Crippen molar-refractivity contribution in [1.29, 1.82) is 21.0 Å². The van der Waals surface area contributed by atoms with E-state index in [9.17, 15) is 0 Å². The average molecular weight is 254 g/mol. The van der Waals surface area contributed by atoms with Crippen LogP contribution in [0.5, 0.6) is 0 Å². The molecule has 18 heavy (non-hydrogen) atoms. The van der Waals surface area contributed by atoms with Gasteiger partial charge in [0, 0.05) is 5.69 Å². The van der Waals surface area contributed by atoms with Gasteiger partial charge < -0.3 is 5.32 Å². The van der Waals surface area contributed by atoms with E-state index in [2.05, 4.69) is 5.32 Å². The van der Waals surface area contributed by atoms with E-state index in [0.717, 1.165) is 0 Å². The minimum absolute atomic E-state index is 0.166. The van der Waals surface area contributed by atoms with Gasteiger partial charge in [0.1, 0.15) is 30.0 Å². The third-order valence-electron chi connectivity index (χ3n) is 1.94. The first-order valence-electron chi connectivity index (χ1n) is 4.57. The van der Waals surface area contributed by atoms with Crippen molar-refractivity contribution >= 4 is 17.3 Å². The van der Waals surface area contributed by atoms with Gasteiger partial charge in [-0.15, -0.1) is 0 Å². The highest BCUT2D eigenvalue weighted by molar-refractivity contribution is 6.32. The van der Waals surface area contributed by atoms with Crippen molar-refractivity contribution in [2.45, 2.75) is 0 Å². The van der Waals surface area contributed by atoms with Gasteiger partial charge in [-0.25, -0.2) is 0 Å². The smallest absolute Gasteiger partial charge is 0.163 e. The Morgan fingerprint density at radius 3 is 2.17 bits per heavy atom. The Bertz CT molecular complexity index is 660. The van der Waals surface area contributed by atoms with Gasteiger partial charge in [-0.2, -0.15) is 21.0 Å². The number of halogens is 1. The molecule has 0 radical (unpaired) electrons. The van der Waals surface area contributed by atoms with E-state index in [4.69, 9.17) is 32.6 Å². The van der Waals surface area contributed by atoms with Gasteiger partial charge in [0.2, 0.25) is 0 Å². The molecule has 5 nitrogen and oxygen atoms in total. The largest absolute Gasteiger partial charge is 0.345 e. The van der Waals surface area contributed by atoms with Crippen LogP contribution in [0.3, 0.4) is 0 Å². The molecule has 0 heterocycles. The molecule has 0 aliphatic rings. The highest BCUT2D eigenvalue weighted by atomic mass is 35.5. The van der Waals surface area contributed by atoms with Crippen LogP contribution in [-0.2, 0) is 0 Å². The molecule has 0 aliphatic carbocycles. The fourth-order valence-corrected chi connectivity index (χ4v) is 1.33. The van der Waals surface area contributed by atoms with Crippen molar-refractivity contribution in [3.63, 3.8) is 0 Å². The summed E-state index contributed by atoms with van der Waals surface area (Å²) in [5.74, 6) is 0. The lowest BCUT2D eigenvalue weighted by Crippen LogP contribution is -2.00. The van der Waals surface area contributed by atoms with E-state index in [-0.39, 0.29) is 16.3 Å². The van der Waals surface area contributed by atoms with Crippen molar-refractivity contribution in [1.82, 2.24) is 0 Å². The number of benzene rings is 1. The molecule has 0 saturated carbocycles. The SMILES string of the molecule is N#CC(C#N)=C(C#N)Nc1ccc(C#N)c(Cl)c1. The lowest BCUT2D eigenvalue weighted by Gasteiger charge is -2.05. The summed E-state index contributed by atoms with van der Waals surface area (Å²) in [7, 11) is 0. The van der Waals surface area contributed by atoms with Crippen LogP contribution in [0.1, 0.15) is 5.56 Å². The van der Waals surface area contributed by atoms with Gasteiger partial charge in [-0.1, -0.05) is 11.6 Å². The van der Waals surface area contributed by atoms with Gasteiger partial charge in [-0.05, 0) is 18.2 Å². The molecule has 0 aromatic heterocycles. The van der Waals surface area contributed by atoms with Gasteiger partial charge >= 0.3 is 0 Å². The molecule has 0 spiro atoms. The van der Waals surface area contributed by atoms with Gasteiger partial charge in [-0.3, -0.25) is 0 Å². The summed E-state index contributed by atoms with van der Waals surface area (Å²) >= 11 is 5.81. The molecule has 0 fully saturated rings. The van der Waals surface area contributed by atoms with Crippen molar-refractivity contribution in [2.24, 2.45) is 0 Å². The van der Waals surface area contributed by atoms with Crippen LogP contribution in [0.15, 0.2) is 29.5 Å². The topological polar surface area (TPSA) is 107 Å². The number of nitrogens with zero attached hydrogens (tertiary/aromatic N) is 4. The number of nitriles is 4. The molecule has 0 amide bonds. The molecule has 1 N–H and O–H groups in total. The Morgan fingerprint density at radius 2 is 1.72 bits per heavy atom. The van der Waals surface area contributed by atoms with E-state index < -0.39 is 0 Å². The summed E-state index contributed by atoms with van der Waals surface area (Å²) in [5.41, 5.74) is 0.225. The minimum atomic E-state index is -0.321. The van der Waals surface area contributed by atoms with Crippen molar-refractivity contribution in [2.75, 3.05) is 5.32 Å². The molecule has 0 atom stereocenters. The predicted octanol–water partition coefficient (Wildman–Crippen LogP) is 2.45. The van der Waals surface area contributed by atoms with E-state index >= 15 is 0 Å². The zero-order valence-electron chi connectivity index (χ0n) is 8.90. The van der Waals surface area contributed by atoms with Crippen molar-refractivity contribution in [3.8, 4) is 24.3 Å². The first kappa shape index (κ1) is 13.1. The fraction of sp³-hybridized carbons (Fsp3) is 0. The van der Waals surface area contributed by atoms with Crippen LogP contribution in [0.4, 0.5) is 5.69 Å². The summed E-state index contributed by atoms with van der Waals surface area (Å²) in [4.78, 5) is 0. The Hall–Kier alpha value is -2.99. The molecule has 1 rings (SSSR count). The maximum Gasteiger partial charge on any atom is 0.163 e. The standard InChI is InChI=1S/C12H4ClN5/c13-11-3-10(2-1-8(11)4-14)18-12(7-17)9(5-15)6-16/h1-3,18H. The molecular formula is C12H4ClN5.